The van der Waals surface area contributed by atoms with E-state index >= 15 is 0 Å². The Hall–Kier alpha value is -1.28. The van der Waals surface area contributed by atoms with Gasteiger partial charge in [0.2, 0.25) is 0 Å². The molecule has 0 radical (unpaired) electrons. The molecule has 0 spiro atoms. The molecule has 2 heterocycles. The van der Waals surface area contributed by atoms with Gasteiger partial charge in [-0.25, -0.2) is 0 Å². The Balaban J connectivity index is 1.87. The number of benzene rings is 1. The Kier molecular flexibility index (Phi) is 2.44. The number of H-pyrrole nitrogens is 1. The quantitative estimate of drug-likeness (QED) is 0.749. The van der Waals surface area contributed by atoms with Crippen molar-refractivity contribution in [3.05, 3.63) is 36.0 Å². The van der Waals surface area contributed by atoms with Gasteiger partial charge in [-0.05, 0) is 54.5 Å². The fourth-order valence-electron chi connectivity index (χ4n) is 2.57. The topological polar surface area (TPSA) is 27.8 Å². The Bertz CT molecular complexity index is 478. The molecule has 1 aromatic heterocycles. The maximum atomic E-state index is 3.63. The van der Waals surface area contributed by atoms with E-state index in [2.05, 4.69) is 41.5 Å². The summed E-state index contributed by atoms with van der Waals surface area (Å²) in [5, 5.41) is 4.95. The average molecular weight is 214 g/mol. The first kappa shape index (κ1) is 9.91. The Morgan fingerprint density at radius 3 is 2.94 bits per heavy atom. The van der Waals surface area contributed by atoms with Gasteiger partial charge in [0, 0.05) is 17.8 Å². The van der Waals surface area contributed by atoms with E-state index in [1.807, 2.05) is 6.20 Å². The minimum atomic E-state index is 0.551. The Morgan fingerprint density at radius 2 is 2.12 bits per heavy atom. The largest absolute Gasteiger partial charge is 0.361 e. The van der Waals surface area contributed by atoms with Crippen molar-refractivity contribution >= 4 is 10.9 Å². The van der Waals surface area contributed by atoms with Crippen LogP contribution >= 0.6 is 0 Å². The average Bonchev–Trinajstić information content (AvgIpc) is 2.77. The van der Waals surface area contributed by atoms with Crippen molar-refractivity contribution in [3.63, 3.8) is 0 Å². The second-order valence-electron chi connectivity index (χ2n) is 4.97. The minimum Gasteiger partial charge on any atom is -0.361 e. The Morgan fingerprint density at radius 1 is 1.19 bits per heavy atom. The van der Waals surface area contributed by atoms with Gasteiger partial charge in [-0.1, -0.05) is 13.0 Å². The van der Waals surface area contributed by atoms with Gasteiger partial charge in [-0.15, -0.1) is 0 Å². The van der Waals surface area contributed by atoms with Crippen molar-refractivity contribution in [2.75, 3.05) is 6.54 Å². The van der Waals surface area contributed by atoms with Crippen LogP contribution in [0.5, 0.6) is 0 Å². The van der Waals surface area contributed by atoms with E-state index in [0.717, 1.165) is 12.5 Å². The molecule has 1 aliphatic rings. The van der Waals surface area contributed by atoms with E-state index in [4.69, 9.17) is 0 Å². The molecule has 1 saturated heterocycles. The third kappa shape index (κ3) is 1.74. The first-order valence-corrected chi connectivity index (χ1v) is 6.13. The summed E-state index contributed by atoms with van der Waals surface area (Å²) < 4.78 is 0. The van der Waals surface area contributed by atoms with Crippen LogP contribution in [0.25, 0.3) is 10.9 Å². The molecule has 0 aliphatic carbocycles. The van der Waals surface area contributed by atoms with Crippen molar-refractivity contribution < 1.29 is 0 Å². The standard InChI is InChI=1S/C14H18N2/c1-10-2-4-14(16-9-10)11-3-5-13-12(8-11)6-7-15-13/h3,5-8,10,14-16H,2,4,9H2,1H3. The fraction of sp³-hybridized carbons (Fsp3) is 0.429. The SMILES string of the molecule is CC1CCC(c2ccc3[nH]ccc3c2)NC1. The zero-order valence-electron chi connectivity index (χ0n) is 9.66. The lowest BCUT2D eigenvalue weighted by molar-refractivity contribution is 0.333. The molecule has 2 heteroatoms. The highest BCUT2D eigenvalue weighted by Gasteiger charge is 2.18. The number of hydrogen-bond acceptors (Lipinski definition) is 1. The van der Waals surface area contributed by atoms with Gasteiger partial charge >= 0.3 is 0 Å². The zero-order valence-corrected chi connectivity index (χ0v) is 9.66. The molecule has 0 bridgehead atoms. The number of aromatic amines is 1. The molecule has 2 atom stereocenters. The number of piperidine rings is 1. The molecule has 2 unspecified atom stereocenters. The first-order chi connectivity index (χ1) is 7.83. The third-order valence-corrected chi connectivity index (χ3v) is 3.64. The summed E-state index contributed by atoms with van der Waals surface area (Å²) >= 11 is 0. The van der Waals surface area contributed by atoms with Gasteiger partial charge in [0.1, 0.15) is 0 Å². The summed E-state index contributed by atoms with van der Waals surface area (Å²) in [5.41, 5.74) is 2.66. The highest BCUT2D eigenvalue weighted by atomic mass is 14.9. The van der Waals surface area contributed by atoms with E-state index in [9.17, 15) is 0 Å². The van der Waals surface area contributed by atoms with Crippen LogP contribution in [-0.4, -0.2) is 11.5 Å². The van der Waals surface area contributed by atoms with Crippen molar-refractivity contribution in [1.29, 1.82) is 0 Å². The molecule has 1 aromatic carbocycles. The second kappa shape index (κ2) is 3.95. The number of hydrogen-bond donors (Lipinski definition) is 2. The number of rotatable bonds is 1. The highest BCUT2D eigenvalue weighted by Crippen LogP contribution is 2.27. The molecule has 2 N–H and O–H groups in total. The molecule has 16 heavy (non-hydrogen) atoms. The van der Waals surface area contributed by atoms with Crippen LogP contribution < -0.4 is 5.32 Å². The van der Waals surface area contributed by atoms with Crippen molar-refractivity contribution in [1.82, 2.24) is 10.3 Å². The van der Waals surface area contributed by atoms with Gasteiger partial charge < -0.3 is 10.3 Å². The number of aromatic nitrogens is 1. The lowest BCUT2D eigenvalue weighted by atomic mass is 9.92. The van der Waals surface area contributed by atoms with E-state index < -0.39 is 0 Å². The van der Waals surface area contributed by atoms with Crippen LogP contribution in [0.4, 0.5) is 0 Å². The molecule has 1 fully saturated rings. The normalized spacial score (nSPS) is 26.1. The smallest absolute Gasteiger partial charge is 0.0454 e. The molecular formula is C14H18N2. The van der Waals surface area contributed by atoms with Crippen molar-refractivity contribution in [2.24, 2.45) is 5.92 Å². The number of fused-ring (bicyclic) bond motifs is 1. The van der Waals surface area contributed by atoms with Crippen LogP contribution in [0.15, 0.2) is 30.5 Å². The summed E-state index contributed by atoms with van der Waals surface area (Å²) in [5.74, 6) is 0.826. The van der Waals surface area contributed by atoms with E-state index in [1.54, 1.807) is 0 Å². The molecule has 84 valence electrons. The van der Waals surface area contributed by atoms with E-state index in [0.29, 0.717) is 6.04 Å². The lowest BCUT2D eigenvalue weighted by Crippen LogP contribution is -2.31. The van der Waals surface area contributed by atoms with Crippen molar-refractivity contribution in [3.8, 4) is 0 Å². The Labute approximate surface area is 96.1 Å². The van der Waals surface area contributed by atoms with Crippen molar-refractivity contribution in [2.45, 2.75) is 25.8 Å². The molecule has 0 saturated carbocycles. The van der Waals surface area contributed by atoms with E-state index in [1.165, 1.54) is 29.3 Å². The van der Waals surface area contributed by atoms with Gasteiger partial charge in [-0.2, -0.15) is 0 Å². The molecular weight excluding hydrogens is 196 g/mol. The summed E-state index contributed by atoms with van der Waals surface area (Å²) in [6.45, 7) is 3.47. The van der Waals surface area contributed by atoms with Crippen LogP contribution in [-0.2, 0) is 0 Å². The summed E-state index contributed by atoms with van der Waals surface area (Å²) in [6, 6.07) is 9.43. The van der Waals surface area contributed by atoms with Crippen LogP contribution in [0.2, 0.25) is 0 Å². The van der Waals surface area contributed by atoms with E-state index in [-0.39, 0.29) is 0 Å². The van der Waals surface area contributed by atoms with Gasteiger partial charge in [-0.3, -0.25) is 0 Å². The molecule has 2 aromatic rings. The molecule has 0 amide bonds. The van der Waals surface area contributed by atoms with Gasteiger partial charge in [0.25, 0.3) is 0 Å². The molecule has 3 rings (SSSR count). The maximum absolute atomic E-state index is 3.63. The molecule has 1 aliphatic heterocycles. The van der Waals surface area contributed by atoms with Crippen LogP contribution in [0, 0.1) is 5.92 Å². The molecule has 2 nitrogen and oxygen atoms in total. The summed E-state index contributed by atoms with van der Waals surface area (Å²) in [7, 11) is 0. The van der Waals surface area contributed by atoms with Gasteiger partial charge in [0.05, 0.1) is 0 Å². The first-order valence-electron chi connectivity index (χ1n) is 6.13. The third-order valence-electron chi connectivity index (χ3n) is 3.64. The zero-order chi connectivity index (χ0) is 11.0. The monoisotopic (exact) mass is 214 g/mol. The minimum absolute atomic E-state index is 0.551. The number of nitrogens with one attached hydrogen (secondary N) is 2. The fourth-order valence-corrected chi connectivity index (χ4v) is 2.57. The predicted molar refractivity (Wildman–Crippen MR) is 67.4 cm³/mol. The van der Waals surface area contributed by atoms with Crippen LogP contribution in [0.3, 0.4) is 0 Å². The predicted octanol–water partition coefficient (Wildman–Crippen LogP) is 3.23. The maximum Gasteiger partial charge on any atom is 0.0454 e. The highest BCUT2D eigenvalue weighted by molar-refractivity contribution is 5.80. The van der Waals surface area contributed by atoms with Crippen LogP contribution in [0.1, 0.15) is 31.4 Å². The lowest BCUT2D eigenvalue weighted by Gasteiger charge is -2.28. The van der Waals surface area contributed by atoms with Gasteiger partial charge in [0.15, 0.2) is 0 Å². The summed E-state index contributed by atoms with van der Waals surface area (Å²) in [6.07, 6.45) is 4.60. The second-order valence-corrected chi connectivity index (χ2v) is 4.97. The summed E-state index contributed by atoms with van der Waals surface area (Å²) in [4.78, 5) is 3.24.